The van der Waals surface area contributed by atoms with E-state index in [9.17, 15) is 9.59 Å². The normalized spacial score (nSPS) is 23.8. The zero-order valence-corrected chi connectivity index (χ0v) is 13.8. The van der Waals surface area contributed by atoms with Gasteiger partial charge in [0.2, 0.25) is 0 Å². The molecule has 5 heteroatoms. The van der Waals surface area contributed by atoms with E-state index in [1.54, 1.807) is 0 Å². The number of benzene rings is 1. The number of nitrogens with one attached hydrogen (secondary N) is 1. The lowest BCUT2D eigenvalue weighted by Crippen LogP contribution is -2.44. The van der Waals surface area contributed by atoms with Gasteiger partial charge in [-0.25, -0.2) is 4.79 Å². The summed E-state index contributed by atoms with van der Waals surface area (Å²) in [5.41, 5.74) is 0.960. The summed E-state index contributed by atoms with van der Waals surface area (Å²) in [5, 5.41) is 2.92. The summed E-state index contributed by atoms with van der Waals surface area (Å²) < 4.78 is 10.3. The lowest BCUT2D eigenvalue weighted by atomic mass is 9.79. The van der Waals surface area contributed by atoms with Crippen molar-refractivity contribution in [1.82, 2.24) is 5.32 Å². The van der Waals surface area contributed by atoms with Crippen molar-refractivity contribution >= 4 is 12.1 Å². The van der Waals surface area contributed by atoms with Gasteiger partial charge in [-0.2, -0.15) is 0 Å². The van der Waals surface area contributed by atoms with Crippen LogP contribution in [0, 0.1) is 11.8 Å². The fourth-order valence-corrected chi connectivity index (χ4v) is 3.00. The maximum atomic E-state index is 11.9. The molecule has 1 saturated carbocycles. The minimum atomic E-state index is -0.403. The second kappa shape index (κ2) is 8.56. The van der Waals surface area contributed by atoms with E-state index in [0.29, 0.717) is 6.61 Å². The molecule has 1 aromatic rings. The number of rotatable bonds is 5. The van der Waals surface area contributed by atoms with Crippen molar-refractivity contribution in [2.75, 3.05) is 6.61 Å². The predicted molar refractivity (Wildman–Crippen MR) is 86.7 cm³/mol. The van der Waals surface area contributed by atoms with Gasteiger partial charge >= 0.3 is 12.1 Å². The molecule has 2 rings (SSSR count). The second-order valence-corrected chi connectivity index (χ2v) is 6.05. The van der Waals surface area contributed by atoms with E-state index in [1.807, 2.05) is 44.2 Å². The van der Waals surface area contributed by atoms with Crippen LogP contribution >= 0.6 is 0 Å². The molecule has 1 aromatic carbocycles. The van der Waals surface area contributed by atoms with Crippen LogP contribution in [-0.2, 0) is 20.9 Å². The number of carbonyl (C=O) groups is 2. The standard InChI is InChI=1S/C18H25NO4/c1-3-22-17(20)15-9-10-16(13(2)11-15)19-18(21)23-12-14-7-5-4-6-8-14/h4-8,13,15-16H,3,9-12H2,1-2H3,(H,19,21)/t13-,15+,16+/m1/s1. The highest BCUT2D eigenvalue weighted by molar-refractivity contribution is 5.72. The summed E-state index contributed by atoms with van der Waals surface area (Å²) in [6.07, 6.45) is 1.85. The molecule has 0 aromatic heterocycles. The van der Waals surface area contributed by atoms with Crippen LogP contribution in [0.25, 0.3) is 0 Å². The van der Waals surface area contributed by atoms with Gasteiger partial charge in [0, 0.05) is 6.04 Å². The molecule has 0 radical (unpaired) electrons. The average Bonchev–Trinajstić information content (AvgIpc) is 2.56. The molecule has 126 valence electrons. The Morgan fingerprint density at radius 2 is 1.91 bits per heavy atom. The fraction of sp³-hybridized carbons (Fsp3) is 0.556. The molecular formula is C18H25NO4. The maximum absolute atomic E-state index is 11.9. The van der Waals surface area contributed by atoms with Gasteiger partial charge in [-0.1, -0.05) is 37.3 Å². The van der Waals surface area contributed by atoms with Crippen molar-refractivity contribution in [1.29, 1.82) is 0 Å². The topological polar surface area (TPSA) is 64.6 Å². The first-order valence-electron chi connectivity index (χ1n) is 8.24. The van der Waals surface area contributed by atoms with E-state index in [2.05, 4.69) is 5.32 Å². The minimum Gasteiger partial charge on any atom is -0.466 e. The molecule has 1 fully saturated rings. The number of amides is 1. The molecule has 1 aliphatic rings. The molecule has 0 saturated heterocycles. The molecule has 0 spiro atoms. The lowest BCUT2D eigenvalue weighted by molar-refractivity contribution is -0.149. The molecule has 0 unspecified atom stereocenters. The van der Waals surface area contributed by atoms with Gasteiger partial charge < -0.3 is 14.8 Å². The first kappa shape index (κ1) is 17.3. The molecule has 0 heterocycles. The van der Waals surface area contributed by atoms with Gasteiger partial charge in [-0.15, -0.1) is 0 Å². The van der Waals surface area contributed by atoms with Crippen LogP contribution < -0.4 is 5.32 Å². The van der Waals surface area contributed by atoms with Gasteiger partial charge in [0.25, 0.3) is 0 Å². The molecule has 23 heavy (non-hydrogen) atoms. The Bertz CT molecular complexity index is 517. The summed E-state index contributed by atoms with van der Waals surface area (Å²) in [7, 11) is 0. The number of hydrogen-bond donors (Lipinski definition) is 1. The van der Waals surface area contributed by atoms with E-state index in [0.717, 1.165) is 24.8 Å². The molecule has 0 bridgehead atoms. The predicted octanol–water partition coefficient (Wildman–Crippen LogP) is 3.28. The number of esters is 1. The Morgan fingerprint density at radius 1 is 1.17 bits per heavy atom. The van der Waals surface area contributed by atoms with Crippen molar-refractivity contribution in [3.8, 4) is 0 Å². The van der Waals surface area contributed by atoms with E-state index in [1.165, 1.54) is 0 Å². The van der Waals surface area contributed by atoms with Crippen molar-refractivity contribution in [3.63, 3.8) is 0 Å². The first-order chi connectivity index (χ1) is 11.1. The van der Waals surface area contributed by atoms with Crippen LogP contribution in [-0.4, -0.2) is 24.7 Å². The molecule has 1 aliphatic carbocycles. The highest BCUT2D eigenvalue weighted by Gasteiger charge is 2.33. The van der Waals surface area contributed by atoms with Crippen LogP contribution in [0.15, 0.2) is 30.3 Å². The summed E-state index contributed by atoms with van der Waals surface area (Å²) >= 11 is 0. The Kier molecular flexibility index (Phi) is 6.44. The van der Waals surface area contributed by atoms with Gasteiger partial charge in [0.1, 0.15) is 6.61 Å². The number of hydrogen-bond acceptors (Lipinski definition) is 4. The summed E-state index contributed by atoms with van der Waals surface area (Å²) in [5.74, 6) is 0.0511. The molecule has 1 amide bonds. The summed E-state index contributed by atoms with van der Waals surface area (Å²) in [6.45, 7) is 4.54. The van der Waals surface area contributed by atoms with E-state index < -0.39 is 6.09 Å². The third kappa shape index (κ3) is 5.27. The third-order valence-electron chi connectivity index (χ3n) is 4.31. The van der Waals surface area contributed by atoms with E-state index in [4.69, 9.17) is 9.47 Å². The molecule has 3 atom stereocenters. The zero-order valence-electron chi connectivity index (χ0n) is 13.8. The van der Waals surface area contributed by atoms with Crippen molar-refractivity contribution in [2.45, 2.75) is 45.8 Å². The maximum Gasteiger partial charge on any atom is 0.407 e. The van der Waals surface area contributed by atoms with E-state index in [-0.39, 0.29) is 30.5 Å². The summed E-state index contributed by atoms with van der Waals surface area (Å²) in [4.78, 5) is 23.7. The fourth-order valence-electron chi connectivity index (χ4n) is 3.00. The lowest BCUT2D eigenvalue weighted by Gasteiger charge is -2.33. The average molecular weight is 319 g/mol. The van der Waals surface area contributed by atoms with Gasteiger partial charge in [0.15, 0.2) is 0 Å². The first-order valence-corrected chi connectivity index (χ1v) is 8.24. The van der Waals surface area contributed by atoms with Crippen LogP contribution in [0.3, 0.4) is 0 Å². The Hall–Kier alpha value is -2.04. The summed E-state index contributed by atoms with van der Waals surface area (Å²) in [6, 6.07) is 9.63. The monoisotopic (exact) mass is 319 g/mol. The van der Waals surface area contributed by atoms with Crippen molar-refractivity contribution in [2.24, 2.45) is 11.8 Å². The molecule has 1 N–H and O–H groups in total. The Labute approximate surface area is 137 Å². The van der Waals surface area contributed by atoms with Crippen LogP contribution in [0.4, 0.5) is 4.79 Å². The molecular weight excluding hydrogens is 294 g/mol. The van der Waals surface area contributed by atoms with Crippen molar-refractivity contribution in [3.05, 3.63) is 35.9 Å². The van der Waals surface area contributed by atoms with Gasteiger partial charge in [-0.05, 0) is 37.7 Å². The highest BCUT2D eigenvalue weighted by Crippen LogP contribution is 2.30. The number of carbonyl (C=O) groups excluding carboxylic acids is 2. The molecule has 5 nitrogen and oxygen atoms in total. The second-order valence-electron chi connectivity index (χ2n) is 6.05. The largest absolute Gasteiger partial charge is 0.466 e. The van der Waals surface area contributed by atoms with Gasteiger partial charge in [-0.3, -0.25) is 4.79 Å². The van der Waals surface area contributed by atoms with Crippen LogP contribution in [0.5, 0.6) is 0 Å². The number of ether oxygens (including phenoxy) is 2. The highest BCUT2D eigenvalue weighted by atomic mass is 16.5. The van der Waals surface area contributed by atoms with Crippen LogP contribution in [0.2, 0.25) is 0 Å². The Morgan fingerprint density at radius 3 is 2.57 bits per heavy atom. The zero-order chi connectivity index (χ0) is 16.7. The Balaban J connectivity index is 1.75. The van der Waals surface area contributed by atoms with Gasteiger partial charge in [0.05, 0.1) is 12.5 Å². The number of alkyl carbamates (subject to hydrolysis) is 1. The SMILES string of the molecule is CCOC(=O)[C@H]1CC[C@H](NC(=O)OCc2ccccc2)[C@H](C)C1. The minimum absolute atomic E-state index is 0.0453. The molecule has 0 aliphatic heterocycles. The quantitative estimate of drug-likeness (QED) is 0.846. The smallest absolute Gasteiger partial charge is 0.407 e. The van der Waals surface area contributed by atoms with Crippen LogP contribution in [0.1, 0.15) is 38.7 Å². The van der Waals surface area contributed by atoms with Crippen molar-refractivity contribution < 1.29 is 19.1 Å². The third-order valence-corrected chi connectivity index (χ3v) is 4.31. The van der Waals surface area contributed by atoms with E-state index >= 15 is 0 Å².